The van der Waals surface area contributed by atoms with Gasteiger partial charge in [0.2, 0.25) is 12.7 Å². The van der Waals surface area contributed by atoms with Gasteiger partial charge in [-0.15, -0.1) is 0 Å². The monoisotopic (exact) mass is 338 g/mol. The van der Waals surface area contributed by atoms with E-state index in [-0.39, 0.29) is 0 Å². The number of nitrogens with zero attached hydrogens (tertiary/aromatic N) is 4. The molecular formula is C21H30N4+2. The van der Waals surface area contributed by atoms with Crippen LogP contribution in [0.1, 0.15) is 41.7 Å². The Morgan fingerprint density at radius 2 is 1.20 bits per heavy atom. The van der Waals surface area contributed by atoms with Crippen molar-refractivity contribution in [3.63, 3.8) is 0 Å². The Bertz CT molecular complexity index is 802. The number of aromatic nitrogens is 4. The minimum atomic E-state index is 0.929. The van der Waals surface area contributed by atoms with Gasteiger partial charge in [-0.3, -0.25) is 0 Å². The smallest absolute Gasteiger partial charge is 0.237 e. The van der Waals surface area contributed by atoms with E-state index >= 15 is 0 Å². The van der Waals surface area contributed by atoms with Crippen LogP contribution in [0.3, 0.4) is 0 Å². The number of hydrogen-bond donors (Lipinski definition) is 0. The molecule has 2 aromatic heterocycles. The predicted molar refractivity (Wildman–Crippen MR) is 99.5 cm³/mol. The van der Waals surface area contributed by atoms with Crippen molar-refractivity contribution in [2.75, 3.05) is 0 Å². The van der Waals surface area contributed by atoms with Crippen LogP contribution in [-0.4, -0.2) is 9.13 Å². The zero-order valence-electron chi connectivity index (χ0n) is 16.2. The van der Waals surface area contributed by atoms with Crippen molar-refractivity contribution in [1.82, 2.24) is 9.13 Å². The first-order valence-electron chi connectivity index (χ1n) is 9.20. The lowest BCUT2D eigenvalue weighted by molar-refractivity contribution is -0.689. The van der Waals surface area contributed by atoms with Crippen molar-refractivity contribution < 1.29 is 9.13 Å². The molecule has 0 saturated carbocycles. The molecule has 0 bridgehead atoms. The van der Waals surface area contributed by atoms with Crippen LogP contribution in [0, 0.1) is 20.8 Å². The van der Waals surface area contributed by atoms with Crippen LogP contribution in [0.2, 0.25) is 0 Å². The number of imidazole rings is 2. The van der Waals surface area contributed by atoms with Gasteiger partial charge in [0.25, 0.3) is 0 Å². The normalized spacial score (nSPS) is 11.2. The number of benzene rings is 1. The summed E-state index contributed by atoms with van der Waals surface area (Å²) in [5.41, 5.74) is 7.06. The van der Waals surface area contributed by atoms with Gasteiger partial charge in [0.05, 0.1) is 13.1 Å². The average Bonchev–Trinajstić information content (AvgIpc) is 3.24. The summed E-state index contributed by atoms with van der Waals surface area (Å²) in [4.78, 5) is 0. The number of hydrogen-bond acceptors (Lipinski definition) is 0. The second-order valence-corrected chi connectivity index (χ2v) is 6.93. The van der Waals surface area contributed by atoms with E-state index in [0.717, 1.165) is 26.2 Å². The molecule has 0 atom stereocenters. The third-order valence-electron chi connectivity index (χ3n) is 5.19. The van der Waals surface area contributed by atoms with Gasteiger partial charge in [-0.25, -0.2) is 18.3 Å². The highest BCUT2D eigenvalue weighted by molar-refractivity contribution is 5.44. The van der Waals surface area contributed by atoms with Gasteiger partial charge in [0.15, 0.2) is 0 Å². The molecule has 0 aliphatic carbocycles. The van der Waals surface area contributed by atoms with Crippen molar-refractivity contribution in [2.24, 2.45) is 0 Å². The summed E-state index contributed by atoms with van der Waals surface area (Å²) in [5.74, 6) is 0. The Hall–Kier alpha value is -2.36. The SMILES string of the molecule is CCn1cc[n+](Cc2c(C)cc(C)c(C[n+]3ccn(CC)c3)c2C)c1. The molecule has 3 aromatic rings. The third kappa shape index (κ3) is 3.68. The lowest BCUT2D eigenvalue weighted by Gasteiger charge is -2.15. The maximum atomic E-state index is 2.34. The molecule has 3 rings (SSSR count). The summed E-state index contributed by atoms with van der Waals surface area (Å²) in [7, 11) is 0. The summed E-state index contributed by atoms with van der Waals surface area (Å²) in [6.45, 7) is 15.0. The van der Waals surface area contributed by atoms with E-state index in [0.29, 0.717) is 0 Å². The summed E-state index contributed by atoms with van der Waals surface area (Å²) in [6.07, 6.45) is 13.0. The van der Waals surface area contributed by atoms with E-state index in [2.05, 4.69) is 96.4 Å². The molecule has 0 N–H and O–H groups in total. The summed E-state index contributed by atoms with van der Waals surface area (Å²) in [6, 6.07) is 2.34. The van der Waals surface area contributed by atoms with Crippen LogP contribution in [0.25, 0.3) is 0 Å². The van der Waals surface area contributed by atoms with E-state index in [9.17, 15) is 0 Å². The van der Waals surface area contributed by atoms with Crippen molar-refractivity contribution >= 4 is 0 Å². The Labute approximate surface area is 151 Å². The highest BCUT2D eigenvalue weighted by Crippen LogP contribution is 2.22. The van der Waals surface area contributed by atoms with Crippen LogP contribution in [0.4, 0.5) is 0 Å². The zero-order valence-corrected chi connectivity index (χ0v) is 16.2. The summed E-state index contributed by atoms with van der Waals surface area (Å²) < 4.78 is 8.98. The van der Waals surface area contributed by atoms with Crippen LogP contribution < -0.4 is 9.13 Å². The highest BCUT2D eigenvalue weighted by atomic mass is 15.1. The van der Waals surface area contributed by atoms with Crippen LogP contribution in [0.5, 0.6) is 0 Å². The molecule has 0 saturated heterocycles. The molecule has 0 amide bonds. The molecule has 2 heterocycles. The first kappa shape index (κ1) is 17.5. The van der Waals surface area contributed by atoms with Crippen molar-refractivity contribution in [2.45, 2.75) is 60.8 Å². The summed E-state index contributed by atoms with van der Waals surface area (Å²) >= 11 is 0. The molecule has 0 aliphatic rings. The molecule has 4 heteroatoms. The van der Waals surface area contributed by atoms with Gasteiger partial charge >= 0.3 is 0 Å². The fraction of sp³-hybridized carbons (Fsp3) is 0.429. The number of aryl methyl sites for hydroxylation is 4. The van der Waals surface area contributed by atoms with Crippen molar-refractivity contribution in [3.8, 4) is 0 Å². The van der Waals surface area contributed by atoms with Gasteiger partial charge in [0, 0.05) is 0 Å². The first-order chi connectivity index (χ1) is 12.0. The molecule has 0 radical (unpaired) electrons. The lowest BCUT2D eigenvalue weighted by atomic mass is 9.93. The van der Waals surface area contributed by atoms with Crippen molar-refractivity contribution in [1.29, 1.82) is 0 Å². The minimum absolute atomic E-state index is 0.929. The molecule has 0 spiro atoms. The Morgan fingerprint density at radius 1 is 0.760 bits per heavy atom. The van der Waals surface area contributed by atoms with Crippen LogP contribution >= 0.6 is 0 Å². The summed E-state index contributed by atoms with van der Waals surface area (Å²) in [5, 5.41) is 0. The van der Waals surface area contributed by atoms with E-state index in [1.807, 2.05) is 0 Å². The van der Waals surface area contributed by atoms with Gasteiger partial charge in [-0.05, 0) is 62.4 Å². The van der Waals surface area contributed by atoms with Crippen LogP contribution in [0.15, 0.2) is 43.5 Å². The van der Waals surface area contributed by atoms with Crippen molar-refractivity contribution in [3.05, 3.63) is 71.3 Å². The van der Waals surface area contributed by atoms with Gasteiger partial charge in [0.1, 0.15) is 37.9 Å². The lowest BCUT2D eigenvalue weighted by Crippen LogP contribution is -2.34. The van der Waals surface area contributed by atoms with Crippen LogP contribution in [-0.2, 0) is 26.2 Å². The van der Waals surface area contributed by atoms with E-state index < -0.39 is 0 Å². The molecule has 1 aromatic carbocycles. The third-order valence-corrected chi connectivity index (χ3v) is 5.19. The largest absolute Gasteiger partial charge is 0.244 e. The Balaban J connectivity index is 1.93. The second-order valence-electron chi connectivity index (χ2n) is 6.93. The maximum Gasteiger partial charge on any atom is 0.244 e. The Kier molecular flexibility index (Phi) is 5.07. The van der Waals surface area contributed by atoms with Gasteiger partial charge in [-0.2, -0.15) is 0 Å². The second kappa shape index (κ2) is 7.26. The highest BCUT2D eigenvalue weighted by Gasteiger charge is 2.16. The zero-order chi connectivity index (χ0) is 18.0. The minimum Gasteiger partial charge on any atom is -0.237 e. The molecule has 0 aliphatic heterocycles. The van der Waals surface area contributed by atoms with Gasteiger partial charge < -0.3 is 0 Å². The molecule has 0 fully saturated rings. The topological polar surface area (TPSA) is 17.6 Å². The van der Waals surface area contributed by atoms with E-state index in [1.54, 1.807) is 0 Å². The molecule has 0 unspecified atom stereocenters. The molecule has 4 nitrogen and oxygen atoms in total. The average molecular weight is 338 g/mol. The first-order valence-corrected chi connectivity index (χ1v) is 9.20. The van der Waals surface area contributed by atoms with E-state index in [1.165, 1.54) is 27.8 Å². The quantitative estimate of drug-likeness (QED) is 0.615. The molecular weight excluding hydrogens is 308 g/mol. The standard InChI is InChI=1S/C21H30N4/c1-6-22-8-10-24(15-22)13-20-17(3)12-18(4)21(19(20)5)14-25-11-9-23(7-2)16-25/h8-12,15-16H,6-7,13-14H2,1-5H3/q+2. The van der Waals surface area contributed by atoms with E-state index in [4.69, 9.17) is 0 Å². The number of rotatable bonds is 6. The Morgan fingerprint density at radius 3 is 1.56 bits per heavy atom. The molecule has 132 valence electrons. The molecule has 25 heavy (non-hydrogen) atoms. The fourth-order valence-corrected chi connectivity index (χ4v) is 3.56. The fourth-order valence-electron chi connectivity index (χ4n) is 3.56. The maximum absolute atomic E-state index is 2.34. The predicted octanol–water partition coefficient (Wildman–Crippen LogP) is 2.93. The van der Waals surface area contributed by atoms with Gasteiger partial charge in [-0.1, -0.05) is 6.07 Å².